The number of nitrogens with one attached hydrogen (secondary N) is 1. The van der Waals surface area contributed by atoms with Crippen molar-refractivity contribution in [3.05, 3.63) is 66.0 Å². The highest BCUT2D eigenvalue weighted by Gasteiger charge is 2.12. The van der Waals surface area contributed by atoms with E-state index in [2.05, 4.69) is 37.2 Å². The second kappa shape index (κ2) is 6.56. The average molecular weight is 420 g/mol. The molecule has 2 aromatic carbocycles. The van der Waals surface area contributed by atoms with Crippen LogP contribution in [0.2, 0.25) is 5.02 Å². The van der Waals surface area contributed by atoms with Crippen LogP contribution in [0.3, 0.4) is 0 Å². The van der Waals surface area contributed by atoms with E-state index in [1.54, 1.807) is 18.2 Å². The molecule has 0 bridgehead atoms. The quantitative estimate of drug-likeness (QED) is 0.533. The maximum atomic E-state index is 10.9. The maximum Gasteiger partial charge on any atom is 0.285 e. The van der Waals surface area contributed by atoms with Crippen LogP contribution in [0, 0.1) is 10.1 Å². The zero-order chi connectivity index (χ0) is 14.7. The van der Waals surface area contributed by atoms with Crippen molar-refractivity contribution in [2.75, 3.05) is 5.32 Å². The summed E-state index contributed by atoms with van der Waals surface area (Å²) >= 11 is 12.6. The summed E-state index contributed by atoms with van der Waals surface area (Å²) in [6, 6.07) is 10.5. The van der Waals surface area contributed by atoms with Gasteiger partial charge in [0.25, 0.3) is 5.69 Å². The van der Waals surface area contributed by atoms with Gasteiger partial charge in [-0.25, -0.2) is 0 Å². The van der Waals surface area contributed by atoms with E-state index in [-0.39, 0.29) is 5.69 Å². The second-order valence-electron chi connectivity index (χ2n) is 4.01. The minimum absolute atomic E-state index is 0.0235. The Labute approximate surface area is 137 Å². The molecule has 0 saturated heterocycles. The molecule has 0 aromatic heterocycles. The molecule has 2 rings (SSSR count). The number of anilines is 1. The Hall–Kier alpha value is -1.11. The first-order valence-corrected chi connectivity index (χ1v) is 7.55. The van der Waals surface area contributed by atoms with E-state index in [9.17, 15) is 10.1 Å². The second-order valence-corrected chi connectivity index (χ2v) is 6.19. The molecule has 0 aliphatic heterocycles. The van der Waals surface area contributed by atoms with Crippen molar-refractivity contribution in [3.8, 4) is 0 Å². The van der Waals surface area contributed by atoms with Crippen molar-refractivity contribution in [2.24, 2.45) is 0 Å². The SMILES string of the molecule is O=[N+]([O-])c1cc(NCc2cc(Br)ccc2Cl)ccc1Br. The topological polar surface area (TPSA) is 55.2 Å². The Kier molecular flexibility index (Phi) is 5.01. The number of rotatable bonds is 4. The van der Waals surface area contributed by atoms with Gasteiger partial charge in [0.2, 0.25) is 0 Å². The molecule has 0 radical (unpaired) electrons. The summed E-state index contributed by atoms with van der Waals surface area (Å²) in [7, 11) is 0. The van der Waals surface area contributed by atoms with E-state index in [0.29, 0.717) is 21.7 Å². The molecule has 0 aliphatic rings. The summed E-state index contributed by atoms with van der Waals surface area (Å²) in [5, 5.41) is 14.6. The molecule has 0 aliphatic carbocycles. The van der Waals surface area contributed by atoms with Gasteiger partial charge in [-0.15, -0.1) is 0 Å². The third-order valence-corrected chi connectivity index (χ3v) is 4.17. The van der Waals surface area contributed by atoms with Crippen LogP contribution in [0.4, 0.5) is 11.4 Å². The summed E-state index contributed by atoms with van der Waals surface area (Å²) in [5.74, 6) is 0. The fourth-order valence-electron chi connectivity index (χ4n) is 1.64. The minimum Gasteiger partial charge on any atom is -0.381 e. The van der Waals surface area contributed by atoms with E-state index < -0.39 is 4.92 Å². The molecule has 0 spiro atoms. The highest BCUT2D eigenvalue weighted by atomic mass is 79.9. The largest absolute Gasteiger partial charge is 0.381 e. The van der Waals surface area contributed by atoms with Gasteiger partial charge in [0.1, 0.15) is 0 Å². The molecule has 0 amide bonds. The van der Waals surface area contributed by atoms with Crippen molar-refractivity contribution in [2.45, 2.75) is 6.54 Å². The Balaban J connectivity index is 2.17. The van der Waals surface area contributed by atoms with Crippen LogP contribution in [0.15, 0.2) is 45.3 Å². The zero-order valence-corrected chi connectivity index (χ0v) is 14.0. The summed E-state index contributed by atoms with van der Waals surface area (Å²) in [6.07, 6.45) is 0. The first kappa shape index (κ1) is 15.3. The number of nitro benzene ring substituents is 1. The number of hydrogen-bond donors (Lipinski definition) is 1. The lowest BCUT2D eigenvalue weighted by Crippen LogP contribution is -2.01. The predicted molar refractivity (Wildman–Crippen MR) is 87.3 cm³/mol. The van der Waals surface area contributed by atoms with Gasteiger partial charge < -0.3 is 5.32 Å². The highest BCUT2D eigenvalue weighted by Crippen LogP contribution is 2.28. The summed E-state index contributed by atoms with van der Waals surface area (Å²) in [4.78, 5) is 10.4. The molecule has 0 heterocycles. The Morgan fingerprint density at radius 2 is 1.95 bits per heavy atom. The molecule has 0 fully saturated rings. The average Bonchev–Trinajstić information content (AvgIpc) is 2.41. The van der Waals surface area contributed by atoms with E-state index in [0.717, 1.165) is 10.0 Å². The van der Waals surface area contributed by atoms with Gasteiger partial charge in [0, 0.05) is 27.8 Å². The lowest BCUT2D eigenvalue weighted by molar-refractivity contribution is -0.385. The molecule has 1 N–H and O–H groups in total. The van der Waals surface area contributed by atoms with Crippen molar-refractivity contribution >= 4 is 54.8 Å². The third-order valence-electron chi connectivity index (χ3n) is 2.63. The molecule has 4 nitrogen and oxygen atoms in total. The zero-order valence-electron chi connectivity index (χ0n) is 10.1. The molecule has 2 aromatic rings. The van der Waals surface area contributed by atoms with E-state index in [1.165, 1.54) is 6.07 Å². The normalized spacial score (nSPS) is 10.3. The number of nitrogens with zero attached hydrogens (tertiary/aromatic N) is 1. The van der Waals surface area contributed by atoms with Crippen LogP contribution in [0.25, 0.3) is 0 Å². The third kappa shape index (κ3) is 3.71. The molecular formula is C13H9Br2ClN2O2. The van der Waals surface area contributed by atoms with Crippen LogP contribution >= 0.6 is 43.5 Å². The van der Waals surface area contributed by atoms with E-state index in [4.69, 9.17) is 11.6 Å². The van der Waals surface area contributed by atoms with Crippen molar-refractivity contribution in [1.82, 2.24) is 0 Å². The van der Waals surface area contributed by atoms with Crippen LogP contribution in [-0.2, 0) is 6.54 Å². The maximum absolute atomic E-state index is 10.9. The first-order valence-electron chi connectivity index (χ1n) is 5.59. The van der Waals surface area contributed by atoms with Crippen molar-refractivity contribution in [3.63, 3.8) is 0 Å². The lowest BCUT2D eigenvalue weighted by atomic mass is 10.2. The molecule has 0 atom stereocenters. The summed E-state index contributed by atoms with van der Waals surface area (Å²) < 4.78 is 1.38. The van der Waals surface area contributed by atoms with Crippen molar-refractivity contribution in [1.29, 1.82) is 0 Å². The van der Waals surface area contributed by atoms with Crippen LogP contribution in [-0.4, -0.2) is 4.92 Å². The standard InChI is InChI=1S/C13H9Br2ClN2O2/c14-9-1-4-12(16)8(5-9)7-17-10-2-3-11(15)13(6-10)18(19)20/h1-6,17H,7H2. The molecule has 0 saturated carbocycles. The minimum atomic E-state index is -0.429. The monoisotopic (exact) mass is 418 g/mol. The van der Waals surface area contributed by atoms with Gasteiger partial charge in [-0.2, -0.15) is 0 Å². The number of halogens is 3. The molecule has 104 valence electrons. The Morgan fingerprint density at radius 3 is 2.65 bits per heavy atom. The predicted octanol–water partition coefficient (Wildman–Crippen LogP) is 5.39. The molecule has 7 heteroatoms. The van der Waals surface area contributed by atoms with Crippen LogP contribution in [0.5, 0.6) is 0 Å². The van der Waals surface area contributed by atoms with Gasteiger partial charge in [-0.1, -0.05) is 27.5 Å². The van der Waals surface area contributed by atoms with Crippen molar-refractivity contribution < 1.29 is 4.92 Å². The fraction of sp³-hybridized carbons (Fsp3) is 0.0769. The number of hydrogen-bond acceptors (Lipinski definition) is 3. The molecule has 0 unspecified atom stereocenters. The Morgan fingerprint density at radius 1 is 1.20 bits per heavy atom. The highest BCUT2D eigenvalue weighted by molar-refractivity contribution is 9.10. The fourth-order valence-corrected chi connectivity index (χ4v) is 2.62. The van der Waals surface area contributed by atoms with Gasteiger partial charge in [0.05, 0.1) is 9.40 Å². The molecular weight excluding hydrogens is 411 g/mol. The van der Waals surface area contributed by atoms with E-state index in [1.807, 2.05) is 12.1 Å². The van der Waals surface area contributed by atoms with E-state index >= 15 is 0 Å². The number of benzene rings is 2. The first-order chi connectivity index (χ1) is 9.47. The van der Waals surface area contributed by atoms with Gasteiger partial charge in [0.15, 0.2) is 0 Å². The number of nitro groups is 1. The van der Waals surface area contributed by atoms with Crippen LogP contribution < -0.4 is 5.32 Å². The lowest BCUT2D eigenvalue weighted by Gasteiger charge is -2.09. The van der Waals surface area contributed by atoms with Gasteiger partial charge in [-0.3, -0.25) is 10.1 Å². The summed E-state index contributed by atoms with van der Waals surface area (Å²) in [5.41, 5.74) is 1.60. The van der Waals surface area contributed by atoms with Gasteiger partial charge >= 0.3 is 0 Å². The molecule has 20 heavy (non-hydrogen) atoms. The van der Waals surface area contributed by atoms with Crippen LogP contribution in [0.1, 0.15) is 5.56 Å². The smallest absolute Gasteiger partial charge is 0.285 e. The van der Waals surface area contributed by atoms with Gasteiger partial charge in [-0.05, 0) is 51.8 Å². The Bertz CT molecular complexity index is 665. The summed E-state index contributed by atoms with van der Waals surface area (Å²) in [6.45, 7) is 0.483.